The molecule has 0 aliphatic rings. The minimum Gasteiger partial charge on any atom is -0.319 e. The second-order valence-corrected chi connectivity index (χ2v) is 5.05. The third-order valence-corrected chi connectivity index (χ3v) is 3.58. The summed E-state index contributed by atoms with van der Waals surface area (Å²) in [4.78, 5) is 24.4. The molecule has 1 aromatic heterocycles. The Balaban J connectivity index is 2.08. The van der Waals surface area contributed by atoms with Crippen LogP contribution < -0.4 is 10.9 Å². The summed E-state index contributed by atoms with van der Waals surface area (Å²) in [6, 6.07) is 10.9. The number of benzene rings is 2. The minimum absolute atomic E-state index is 0.132. The van der Waals surface area contributed by atoms with Gasteiger partial charge in [0.15, 0.2) is 0 Å². The van der Waals surface area contributed by atoms with E-state index in [1.54, 1.807) is 31.3 Å². The van der Waals surface area contributed by atoms with Crippen LogP contribution in [0.4, 0.5) is 14.5 Å². The number of aromatic nitrogens is 1. The third-order valence-electron chi connectivity index (χ3n) is 3.58. The van der Waals surface area contributed by atoms with E-state index < -0.39 is 17.5 Å². The number of carbonyl (C=O) groups is 1. The number of carbonyl (C=O) groups excluding carboxylic acids is 1. The maximum Gasteiger partial charge on any atom is 0.256 e. The normalized spacial score (nSPS) is 10.7. The average molecular weight is 314 g/mol. The lowest BCUT2D eigenvalue weighted by Gasteiger charge is -2.11. The molecule has 0 spiro atoms. The highest BCUT2D eigenvalue weighted by Crippen LogP contribution is 2.20. The Bertz CT molecular complexity index is 980. The molecule has 2 aromatic carbocycles. The van der Waals surface area contributed by atoms with Crippen LogP contribution in [0.1, 0.15) is 10.4 Å². The molecule has 6 heteroatoms. The van der Waals surface area contributed by atoms with Gasteiger partial charge in [0.25, 0.3) is 11.5 Å². The molecule has 1 heterocycles. The molecule has 0 saturated carbocycles. The summed E-state index contributed by atoms with van der Waals surface area (Å²) in [6.45, 7) is 0. The van der Waals surface area contributed by atoms with Gasteiger partial charge >= 0.3 is 0 Å². The van der Waals surface area contributed by atoms with Crippen molar-refractivity contribution in [2.45, 2.75) is 0 Å². The van der Waals surface area contributed by atoms with Crippen LogP contribution in [-0.4, -0.2) is 10.5 Å². The highest BCUT2D eigenvalue weighted by Gasteiger charge is 2.15. The summed E-state index contributed by atoms with van der Waals surface area (Å²) in [6.07, 6.45) is 0. The first-order chi connectivity index (χ1) is 11.0. The van der Waals surface area contributed by atoms with E-state index >= 15 is 0 Å². The van der Waals surface area contributed by atoms with E-state index in [0.717, 1.165) is 12.1 Å². The monoisotopic (exact) mass is 314 g/mol. The number of aryl methyl sites for hydroxylation is 1. The van der Waals surface area contributed by atoms with E-state index in [0.29, 0.717) is 17.0 Å². The third kappa shape index (κ3) is 2.70. The number of pyridine rings is 1. The first-order valence-corrected chi connectivity index (χ1v) is 6.82. The molecule has 23 heavy (non-hydrogen) atoms. The molecule has 4 nitrogen and oxygen atoms in total. The fourth-order valence-corrected chi connectivity index (χ4v) is 2.38. The predicted molar refractivity (Wildman–Crippen MR) is 83.5 cm³/mol. The standard InChI is InChI=1S/C17H12F2N2O2/c1-21-15-5-3-2-4-11(15)12(9-16(21)22)17(23)20-14-7-6-10(18)8-13(14)19/h2-9H,1H3,(H,20,23). The fourth-order valence-electron chi connectivity index (χ4n) is 2.38. The van der Waals surface area contributed by atoms with Gasteiger partial charge in [-0.1, -0.05) is 18.2 Å². The van der Waals surface area contributed by atoms with Crippen molar-refractivity contribution in [2.75, 3.05) is 5.32 Å². The van der Waals surface area contributed by atoms with Gasteiger partial charge in [0, 0.05) is 24.6 Å². The van der Waals surface area contributed by atoms with E-state index in [4.69, 9.17) is 0 Å². The van der Waals surface area contributed by atoms with Crippen molar-refractivity contribution in [3.8, 4) is 0 Å². The Morgan fingerprint density at radius 3 is 2.57 bits per heavy atom. The number of nitrogens with one attached hydrogen (secondary N) is 1. The zero-order chi connectivity index (χ0) is 16.6. The zero-order valence-corrected chi connectivity index (χ0v) is 12.1. The molecular formula is C17H12F2N2O2. The molecule has 0 saturated heterocycles. The van der Waals surface area contributed by atoms with Crippen molar-refractivity contribution in [1.29, 1.82) is 0 Å². The Kier molecular flexibility index (Phi) is 3.65. The van der Waals surface area contributed by atoms with E-state index in [1.165, 1.54) is 10.6 Å². The first kappa shape index (κ1) is 14.9. The van der Waals surface area contributed by atoms with Gasteiger partial charge in [-0.3, -0.25) is 9.59 Å². The van der Waals surface area contributed by atoms with E-state index in [1.807, 2.05) is 0 Å². The van der Waals surface area contributed by atoms with Crippen LogP contribution in [0.5, 0.6) is 0 Å². The Morgan fingerprint density at radius 1 is 1.09 bits per heavy atom. The average Bonchev–Trinajstić information content (AvgIpc) is 2.53. The van der Waals surface area contributed by atoms with E-state index in [9.17, 15) is 18.4 Å². The van der Waals surface area contributed by atoms with E-state index in [2.05, 4.69) is 5.32 Å². The lowest BCUT2D eigenvalue weighted by molar-refractivity contribution is 0.102. The molecule has 3 aromatic rings. The van der Waals surface area contributed by atoms with Gasteiger partial charge < -0.3 is 9.88 Å². The highest BCUT2D eigenvalue weighted by atomic mass is 19.1. The summed E-state index contributed by atoms with van der Waals surface area (Å²) < 4.78 is 28.0. The Hall–Kier alpha value is -3.02. The number of fused-ring (bicyclic) bond motifs is 1. The van der Waals surface area contributed by atoms with E-state index in [-0.39, 0.29) is 16.8 Å². The van der Waals surface area contributed by atoms with Crippen LogP contribution in [0.15, 0.2) is 53.3 Å². The van der Waals surface area contributed by atoms with Crippen molar-refractivity contribution < 1.29 is 13.6 Å². The molecule has 0 radical (unpaired) electrons. The number of amides is 1. The first-order valence-electron chi connectivity index (χ1n) is 6.82. The second-order valence-electron chi connectivity index (χ2n) is 5.05. The topological polar surface area (TPSA) is 51.1 Å². The van der Waals surface area contributed by atoms with Crippen LogP contribution in [0.2, 0.25) is 0 Å². The molecule has 0 aliphatic carbocycles. The van der Waals surface area contributed by atoms with Gasteiger partial charge in [-0.2, -0.15) is 0 Å². The zero-order valence-electron chi connectivity index (χ0n) is 12.1. The molecule has 0 bridgehead atoms. The Morgan fingerprint density at radius 2 is 1.83 bits per heavy atom. The lowest BCUT2D eigenvalue weighted by atomic mass is 10.1. The molecule has 1 N–H and O–H groups in total. The summed E-state index contributed by atoms with van der Waals surface area (Å²) in [7, 11) is 1.60. The largest absolute Gasteiger partial charge is 0.319 e. The molecule has 0 unspecified atom stereocenters. The van der Waals surface area contributed by atoms with Gasteiger partial charge in [-0.25, -0.2) is 8.78 Å². The fraction of sp³-hybridized carbons (Fsp3) is 0.0588. The van der Waals surface area contributed by atoms with Crippen molar-refractivity contribution >= 4 is 22.5 Å². The molecule has 3 rings (SSSR count). The summed E-state index contributed by atoms with van der Waals surface area (Å²) in [5, 5.41) is 2.93. The molecule has 0 fully saturated rings. The highest BCUT2D eigenvalue weighted by molar-refractivity contribution is 6.12. The maximum atomic E-state index is 13.7. The lowest BCUT2D eigenvalue weighted by Crippen LogP contribution is -2.22. The number of hydrogen-bond donors (Lipinski definition) is 1. The van der Waals surface area contributed by atoms with Gasteiger partial charge in [0.2, 0.25) is 0 Å². The molecule has 0 atom stereocenters. The quantitative estimate of drug-likeness (QED) is 0.790. The van der Waals surface area contributed by atoms with Crippen LogP contribution in [0.25, 0.3) is 10.9 Å². The van der Waals surface area contributed by atoms with Crippen molar-refractivity contribution in [2.24, 2.45) is 7.05 Å². The van der Waals surface area contributed by atoms with Crippen molar-refractivity contribution in [3.63, 3.8) is 0 Å². The minimum atomic E-state index is -0.883. The Labute approximate surface area is 130 Å². The maximum absolute atomic E-state index is 13.7. The summed E-state index contributed by atoms with van der Waals surface area (Å²) in [5.74, 6) is -2.25. The van der Waals surface area contributed by atoms with Crippen molar-refractivity contribution in [1.82, 2.24) is 4.57 Å². The van der Waals surface area contributed by atoms with Crippen LogP contribution in [0, 0.1) is 11.6 Å². The number of nitrogens with zero attached hydrogens (tertiary/aromatic N) is 1. The van der Waals surface area contributed by atoms with Crippen LogP contribution in [0.3, 0.4) is 0 Å². The number of anilines is 1. The number of para-hydroxylation sites is 1. The molecule has 0 aliphatic heterocycles. The SMILES string of the molecule is Cn1c(=O)cc(C(=O)Nc2ccc(F)cc2F)c2ccccc21. The van der Waals surface area contributed by atoms with Gasteiger partial charge in [0.05, 0.1) is 16.8 Å². The van der Waals surface area contributed by atoms with Crippen LogP contribution in [-0.2, 0) is 7.05 Å². The summed E-state index contributed by atoms with van der Waals surface area (Å²) in [5.41, 5.74) is 0.215. The summed E-state index contributed by atoms with van der Waals surface area (Å²) >= 11 is 0. The molecule has 1 amide bonds. The van der Waals surface area contributed by atoms with Gasteiger partial charge in [0.1, 0.15) is 11.6 Å². The predicted octanol–water partition coefficient (Wildman–Crippen LogP) is 3.07. The van der Waals surface area contributed by atoms with Crippen LogP contribution >= 0.6 is 0 Å². The van der Waals surface area contributed by atoms with Gasteiger partial charge in [-0.15, -0.1) is 0 Å². The molecular weight excluding hydrogens is 302 g/mol. The van der Waals surface area contributed by atoms with Gasteiger partial charge in [-0.05, 0) is 18.2 Å². The second kappa shape index (κ2) is 5.64. The number of hydrogen-bond acceptors (Lipinski definition) is 2. The smallest absolute Gasteiger partial charge is 0.256 e. The number of rotatable bonds is 2. The number of halogens is 2. The van der Waals surface area contributed by atoms with Crippen molar-refractivity contribution in [3.05, 3.63) is 76.1 Å². The molecule has 116 valence electrons.